The van der Waals surface area contributed by atoms with Crippen molar-refractivity contribution in [3.8, 4) is 0 Å². The van der Waals surface area contributed by atoms with Crippen LogP contribution in [-0.2, 0) is 4.79 Å². The van der Waals surface area contributed by atoms with Gasteiger partial charge in [0.15, 0.2) is 0 Å². The van der Waals surface area contributed by atoms with Crippen molar-refractivity contribution in [2.24, 2.45) is 41.2 Å². The van der Waals surface area contributed by atoms with Gasteiger partial charge >= 0.3 is 0 Å². The van der Waals surface area contributed by atoms with Gasteiger partial charge in [-0.2, -0.15) is 0 Å². The van der Waals surface area contributed by atoms with Gasteiger partial charge in [-0.15, -0.1) is 0 Å². The first kappa shape index (κ1) is 13.4. The predicted octanol–water partition coefficient (Wildman–Crippen LogP) is 2.11. The molecule has 0 spiro atoms. The van der Waals surface area contributed by atoms with Crippen LogP contribution in [0.25, 0.3) is 0 Å². The van der Waals surface area contributed by atoms with Gasteiger partial charge in [0.1, 0.15) is 0 Å². The van der Waals surface area contributed by atoms with E-state index in [1.807, 2.05) is 18.9 Å². The Balaban J connectivity index is 1.78. The Morgan fingerprint density at radius 1 is 1.16 bits per heavy atom. The van der Waals surface area contributed by atoms with Crippen LogP contribution in [0.3, 0.4) is 0 Å². The van der Waals surface area contributed by atoms with Gasteiger partial charge in [-0.25, -0.2) is 0 Å². The van der Waals surface area contributed by atoms with E-state index in [1.165, 1.54) is 32.1 Å². The van der Waals surface area contributed by atoms with Crippen LogP contribution in [0.1, 0.15) is 39.0 Å². The second-order valence-electron chi connectivity index (χ2n) is 7.20. The third-order valence-electron chi connectivity index (χ3n) is 6.19. The molecule has 19 heavy (non-hydrogen) atoms. The molecule has 4 aliphatic carbocycles. The minimum Gasteiger partial charge on any atom is -0.346 e. The maximum Gasteiger partial charge on any atom is 0.226 e. The molecule has 0 saturated heterocycles. The van der Waals surface area contributed by atoms with Crippen molar-refractivity contribution in [3.63, 3.8) is 0 Å². The number of amides is 1. The zero-order chi connectivity index (χ0) is 13.6. The van der Waals surface area contributed by atoms with E-state index in [1.54, 1.807) is 0 Å². The second-order valence-corrected chi connectivity index (χ2v) is 7.20. The van der Waals surface area contributed by atoms with E-state index >= 15 is 0 Å². The highest BCUT2D eigenvalue weighted by Crippen LogP contribution is 2.58. The number of rotatable bonds is 4. The molecular weight excluding hydrogens is 236 g/mol. The van der Waals surface area contributed by atoms with Crippen LogP contribution >= 0.6 is 0 Å². The molecule has 4 rings (SSSR count). The molecule has 0 radical (unpaired) electrons. The lowest BCUT2D eigenvalue weighted by atomic mass is 9.49. The Morgan fingerprint density at radius 3 is 2.11 bits per heavy atom. The van der Waals surface area contributed by atoms with Crippen LogP contribution in [0.4, 0.5) is 0 Å². The van der Waals surface area contributed by atoms with E-state index in [0.717, 1.165) is 30.2 Å². The molecule has 4 fully saturated rings. The van der Waals surface area contributed by atoms with E-state index in [9.17, 15) is 4.79 Å². The Labute approximate surface area is 116 Å². The lowest BCUT2D eigenvalue weighted by Crippen LogP contribution is -2.52. The van der Waals surface area contributed by atoms with Gasteiger partial charge in [-0.1, -0.05) is 0 Å². The second kappa shape index (κ2) is 5.08. The van der Waals surface area contributed by atoms with Crippen LogP contribution < -0.4 is 5.73 Å². The Kier molecular flexibility index (Phi) is 3.59. The molecule has 1 atom stereocenters. The lowest BCUT2D eigenvalue weighted by Gasteiger charge is -2.56. The van der Waals surface area contributed by atoms with E-state index in [4.69, 9.17) is 5.73 Å². The third kappa shape index (κ3) is 2.20. The van der Waals surface area contributed by atoms with Crippen molar-refractivity contribution < 1.29 is 4.79 Å². The van der Waals surface area contributed by atoms with Gasteiger partial charge in [0.25, 0.3) is 0 Å². The van der Waals surface area contributed by atoms with E-state index < -0.39 is 0 Å². The lowest BCUT2D eigenvalue weighted by molar-refractivity contribution is -0.142. The quantitative estimate of drug-likeness (QED) is 0.845. The Bertz CT molecular complexity index is 327. The fourth-order valence-corrected chi connectivity index (χ4v) is 5.49. The van der Waals surface area contributed by atoms with Gasteiger partial charge in [-0.05, 0) is 68.6 Å². The van der Waals surface area contributed by atoms with Crippen molar-refractivity contribution in [2.75, 3.05) is 20.1 Å². The average molecular weight is 264 g/mol. The number of hydrogen-bond donors (Lipinski definition) is 1. The molecule has 4 aliphatic rings. The standard InChI is InChI=1S/C16H28N2O/c1-3-18(2)16(19)14(9-17)15-12-5-10-4-11(7-12)8-13(15)6-10/h10-15H,3-9,17H2,1-2H3. The van der Waals surface area contributed by atoms with E-state index in [-0.39, 0.29) is 5.92 Å². The molecule has 0 aromatic heterocycles. The smallest absolute Gasteiger partial charge is 0.226 e. The Morgan fingerprint density at radius 2 is 1.68 bits per heavy atom. The van der Waals surface area contributed by atoms with Crippen molar-refractivity contribution in [1.29, 1.82) is 0 Å². The van der Waals surface area contributed by atoms with Crippen LogP contribution in [0.15, 0.2) is 0 Å². The SMILES string of the molecule is CCN(C)C(=O)C(CN)C1C2CC3CC(C2)CC1C3. The Hall–Kier alpha value is -0.570. The zero-order valence-electron chi connectivity index (χ0n) is 12.3. The molecule has 3 heteroatoms. The van der Waals surface area contributed by atoms with Gasteiger partial charge in [0, 0.05) is 20.1 Å². The van der Waals surface area contributed by atoms with Crippen LogP contribution in [0.2, 0.25) is 0 Å². The highest BCUT2D eigenvalue weighted by Gasteiger charge is 2.51. The minimum absolute atomic E-state index is 0.0833. The summed E-state index contributed by atoms with van der Waals surface area (Å²) in [5, 5.41) is 0. The number of carbonyl (C=O) groups is 1. The normalized spacial score (nSPS) is 41.3. The van der Waals surface area contributed by atoms with E-state index in [0.29, 0.717) is 18.4 Å². The van der Waals surface area contributed by atoms with Gasteiger partial charge in [0.05, 0.1) is 5.92 Å². The average Bonchev–Trinajstić information content (AvgIpc) is 2.40. The topological polar surface area (TPSA) is 46.3 Å². The van der Waals surface area contributed by atoms with Crippen molar-refractivity contribution in [2.45, 2.75) is 39.0 Å². The zero-order valence-corrected chi connectivity index (χ0v) is 12.3. The summed E-state index contributed by atoms with van der Waals surface area (Å²) in [6.07, 6.45) is 6.96. The fraction of sp³-hybridized carbons (Fsp3) is 0.938. The maximum absolute atomic E-state index is 12.6. The number of nitrogens with zero attached hydrogens (tertiary/aromatic N) is 1. The summed E-state index contributed by atoms with van der Waals surface area (Å²) >= 11 is 0. The molecule has 3 nitrogen and oxygen atoms in total. The number of carbonyl (C=O) groups excluding carboxylic acids is 1. The fourth-order valence-electron chi connectivity index (χ4n) is 5.49. The summed E-state index contributed by atoms with van der Waals surface area (Å²) in [5.74, 6) is 4.48. The monoisotopic (exact) mass is 264 g/mol. The third-order valence-corrected chi connectivity index (χ3v) is 6.19. The summed E-state index contributed by atoms with van der Waals surface area (Å²) in [6, 6.07) is 0. The molecular formula is C16H28N2O. The maximum atomic E-state index is 12.6. The predicted molar refractivity (Wildman–Crippen MR) is 76.4 cm³/mol. The number of hydrogen-bond acceptors (Lipinski definition) is 2. The van der Waals surface area contributed by atoms with Crippen molar-refractivity contribution >= 4 is 5.91 Å². The summed E-state index contributed by atoms with van der Waals surface area (Å²) in [5.41, 5.74) is 6.00. The molecule has 0 heterocycles. The van der Waals surface area contributed by atoms with Crippen molar-refractivity contribution in [3.05, 3.63) is 0 Å². The van der Waals surface area contributed by atoms with E-state index in [2.05, 4.69) is 0 Å². The molecule has 0 aromatic carbocycles. The number of nitrogens with two attached hydrogens (primary N) is 1. The minimum atomic E-state index is 0.0833. The van der Waals surface area contributed by atoms with Crippen LogP contribution in [-0.4, -0.2) is 30.9 Å². The first-order valence-corrected chi connectivity index (χ1v) is 8.09. The molecule has 1 unspecified atom stereocenters. The van der Waals surface area contributed by atoms with Crippen LogP contribution in [0.5, 0.6) is 0 Å². The molecule has 2 N–H and O–H groups in total. The molecule has 0 aliphatic heterocycles. The molecule has 0 aromatic rings. The summed E-state index contributed by atoms with van der Waals surface area (Å²) in [6.45, 7) is 3.38. The molecule has 1 amide bonds. The van der Waals surface area contributed by atoms with Gasteiger partial charge in [0.2, 0.25) is 5.91 Å². The largest absolute Gasteiger partial charge is 0.346 e. The van der Waals surface area contributed by atoms with Crippen molar-refractivity contribution in [1.82, 2.24) is 4.90 Å². The summed E-state index contributed by atoms with van der Waals surface area (Å²) in [7, 11) is 1.92. The molecule has 4 saturated carbocycles. The highest BCUT2D eigenvalue weighted by atomic mass is 16.2. The first-order valence-electron chi connectivity index (χ1n) is 8.09. The summed E-state index contributed by atoms with van der Waals surface area (Å²) < 4.78 is 0. The molecule has 4 bridgehead atoms. The molecule has 108 valence electrons. The summed E-state index contributed by atoms with van der Waals surface area (Å²) in [4.78, 5) is 14.4. The first-order chi connectivity index (χ1) is 9.13. The van der Waals surface area contributed by atoms with Crippen LogP contribution in [0, 0.1) is 35.5 Å². The van der Waals surface area contributed by atoms with Gasteiger partial charge < -0.3 is 10.6 Å². The highest BCUT2D eigenvalue weighted by molar-refractivity contribution is 5.79. The van der Waals surface area contributed by atoms with Gasteiger partial charge in [-0.3, -0.25) is 4.79 Å².